The lowest BCUT2D eigenvalue weighted by Gasteiger charge is -2.36. The molecule has 0 aromatic heterocycles. The van der Waals surface area contributed by atoms with E-state index in [1.165, 1.54) is 0 Å². The first-order chi connectivity index (χ1) is 14.5. The van der Waals surface area contributed by atoms with Crippen LogP contribution in [0.4, 0.5) is 5.69 Å². The molecule has 158 valence electrons. The van der Waals surface area contributed by atoms with E-state index in [9.17, 15) is 8.42 Å². The number of benzene rings is 3. The lowest BCUT2D eigenvalue weighted by atomic mass is 10.1. The molecule has 30 heavy (non-hydrogen) atoms. The molecule has 0 amide bonds. The molecule has 3 aromatic carbocycles. The Balaban J connectivity index is 1.52. The molecule has 0 unspecified atom stereocenters. The molecule has 0 radical (unpaired) electrons. The van der Waals surface area contributed by atoms with Crippen molar-refractivity contribution in [3.63, 3.8) is 0 Å². The normalized spacial score (nSPS) is 15.3. The molecular weight excluding hydrogens is 400 g/mol. The van der Waals surface area contributed by atoms with Gasteiger partial charge < -0.3 is 14.4 Å². The van der Waals surface area contributed by atoms with Crippen LogP contribution in [0, 0.1) is 0 Å². The van der Waals surface area contributed by atoms with Crippen LogP contribution in [0.3, 0.4) is 0 Å². The molecule has 6 nitrogen and oxygen atoms in total. The van der Waals surface area contributed by atoms with Crippen LogP contribution in [-0.2, 0) is 10.0 Å². The number of hydrogen-bond acceptors (Lipinski definition) is 5. The van der Waals surface area contributed by atoms with Gasteiger partial charge in [-0.25, -0.2) is 8.42 Å². The molecule has 0 aliphatic carbocycles. The number of para-hydroxylation sites is 2. The zero-order chi connectivity index (χ0) is 21.1. The third-order valence-corrected chi connectivity index (χ3v) is 7.30. The van der Waals surface area contributed by atoms with Crippen LogP contribution in [0.1, 0.15) is 6.92 Å². The highest BCUT2D eigenvalue weighted by Crippen LogP contribution is 2.30. The highest BCUT2D eigenvalue weighted by atomic mass is 32.2. The second kappa shape index (κ2) is 8.53. The fourth-order valence-electron chi connectivity index (χ4n) is 3.80. The van der Waals surface area contributed by atoms with Crippen LogP contribution in [0.25, 0.3) is 10.8 Å². The zero-order valence-corrected chi connectivity index (χ0v) is 18.1. The standard InChI is InChI=1S/C23H26N2O4S/c1-3-29-23-7-5-4-6-22(23)24-12-14-25(15-13-24)30(26,27)21-11-9-18-16-20(28-2)10-8-19(18)17-21/h4-11,16-17H,3,12-15H2,1-2H3. The molecule has 1 aliphatic heterocycles. The number of piperazine rings is 1. The predicted molar refractivity (Wildman–Crippen MR) is 119 cm³/mol. The molecule has 1 heterocycles. The molecule has 4 rings (SSSR count). The first kappa shape index (κ1) is 20.5. The molecule has 0 N–H and O–H groups in total. The van der Waals surface area contributed by atoms with Gasteiger partial charge in [0.1, 0.15) is 11.5 Å². The number of rotatable bonds is 6. The van der Waals surface area contributed by atoms with Crippen molar-refractivity contribution < 1.29 is 17.9 Å². The average Bonchev–Trinajstić information content (AvgIpc) is 2.79. The summed E-state index contributed by atoms with van der Waals surface area (Å²) in [6.07, 6.45) is 0. The summed E-state index contributed by atoms with van der Waals surface area (Å²) in [5, 5.41) is 1.83. The second-order valence-electron chi connectivity index (χ2n) is 7.17. The van der Waals surface area contributed by atoms with Crippen molar-refractivity contribution >= 4 is 26.5 Å². The number of sulfonamides is 1. The van der Waals surface area contributed by atoms with Gasteiger partial charge in [-0.2, -0.15) is 4.31 Å². The molecule has 0 atom stereocenters. The van der Waals surface area contributed by atoms with Gasteiger partial charge in [0.25, 0.3) is 0 Å². The van der Waals surface area contributed by atoms with Crippen molar-refractivity contribution in [3.05, 3.63) is 60.7 Å². The minimum Gasteiger partial charge on any atom is -0.497 e. The van der Waals surface area contributed by atoms with Crippen molar-refractivity contribution in [2.45, 2.75) is 11.8 Å². The van der Waals surface area contributed by atoms with Gasteiger partial charge in [-0.1, -0.05) is 24.3 Å². The largest absolute Gasteiger partial charge is 0.497 e. The van der Waals surface area contributed by atoms with Crippen molar-refractivity contribution in [2.24, 2.45) is 0 Å². The summed E-state index contributed by atoms with van der Waals surface area (Å²) in [5.74, 6) is 1.59. The summed E-state index contributed by atoms with van der Waals surface area (Å²) >= 11 is 0. The molecule has 1 aliphatic rings. The second-order valence-corrected chi connectivity index (χ2v) is 9.10. The quantitative estimate of drug-likeness (QED) is 0.601. The summed E-state index contributed by atoms with van der Waals surface area (Å²) < 4.78 is 39.0. The van der Waals surface area contributed by atoms with Gasteiger partial charge >= 0.3 is 0 Å². The number of ether oxygens (including phenoxy) is 2. The summed E-state index contributed by atoms with van der Waals surface area (Å²) in [6, 6.07) is 18.8. The van der Waals surface area contributed by atoms with Crippen LogP contribution in [0.2, 0.25) is 0 Å². The highest BCUT2D eigenvalue weighted by Gasteiger charge is 2.29. The summed E-state index contributed by atoms with van der Waals surface area (Å²) in [6.45, 7) is 4.66. The van der Waals surface area contributed by atoms with E-state index in [0.29, 0.717) is 37.7 Å². The Morgan fingerprint density at radius 2 is 1.60 bits per heavy atom. The van der Waals surface area contributed by atoms with Gasteiger partial charge in [0.15, 0.2) is 0 Å². The molecule has 7 heteroatoms. The monoisotopic (exact) mass is 426 g/mol. The van der Waals surface area contributed by atoms with Crippen LogP contribution in [-0.4, -0.2) is 52.6 Å². The zero-order valence-electron chi connectivity index (χ0n) is 17.2. The molecule has 1 saturated heterocycles. The number of hydrogen-bond donors (Lipinski definition) is 0. The third-order valence-electron chi connectivity index (χ3n) is 5.40. The van der Waals surface area contributed by atoms with Gasteiger partial charge in [-0.3, -0.25) is 0 Å². The van der Waals surface area contributed by atoms with Crippen LogP contribution >= 0.6 is 0 Å². The van der Waals surface area contributed by atoms with Crippen molar-refractivity contribution in [3.8, 4) is 11.5 Å². The Kier molecular flexibility index (Phi) is 5.83. The number of nitrogens with zero attached hydrogens (tertiary/aromatic N) is 2. The van der Waals surface area contributed by atoms with Gasteiger partial charge in [0, 0.05) is 26.2 Å². The fourth-order valence-corrected chi connectivity index (χ4v) is 5.26. The maximum absolute atomic E-state index is 13.2. The summed E-state index contributed by atoms with van der Waals surface area (Å²) in [7, 11) is -1.93. The molecular formula is C23H26N2O4S. The molecule has 0 saturated carbocycles. The van der Waals surface area contributed by atoms with E-state index in [0.717, 1.165) is 28.0 Å². The van der Waals surface area contributed by atoms with E-state index in [2.05, 4.69) is 4.90 Å². The Labute approximate surface area is 177 Å². The smallest absolute Gasteiger partial charge is 0.243 e. The average molecular weight is 427 g/mol. The molecule has 0 bridgehead atoms. The molecule has 1 fully saturated rings. The van der Waals surface area contributed by atoms with Gasteiger partial charge in [0.2, 0.25) is 10.0 Å². The first-order valence-electron chi connectivity index (χ1n) is 10.1. The fraction of sp³-hybridized carbons (Fsp3) is 0.304. The highest BCUT2D eigenvalue weighted by molar-refractivity contribution is 7.89. The Hall–Kier alpha value is -2.77. The number of anilines is 1. The summed E-state index contributed by atoms with van der Waals surface area (Å²) in [4.78, 5) is 2.51. The van der Waals surface area contributed by atoms with E-state index in [4.69, 9.17) is 9.47 Å². The van der Waals surface area contributed by atoms with Crippen molar-refractivity contribution in [2.75, 3.05) is 44.8 Å². The maximum atomic E-state index is 13.2. The lowest BCUT2D eigenvalue weighted by Crippen LogP contribution is -2.48. The Morgan fingerprint density at radius 3 is 2.33 bits per heavy atom. The predicted octanol–water partition coefficient (Wildman–Crippen LogP) is 3.76. The van der Waals surface area contributed by atoms with E-state index in [1.807, 2.05) is 55.5 Å². The number of fused-ring (bicyclic) bond motifs is 1. The molecule has 3 aromatic rings. The summed E-state index contributed by atoms with van der Waals surface area (Å²) in [5.41, 5.74) is 1.01. The van der Waals surface area contributed by atoms with E-state index >= 15 is 0 Å². The van der Waals surface area contributed by atoms with Gasteiger partial charge in [-0.05, 0) is 54.1 Å². The van der Waals surface area contributed by atoms with Crippen LogP contribution in [0.15, 0.2) is 65.6 Å². The van der Waals surface area contributed by atoms with Gasteiger partial charge in [-0.15, -0.1) is 0 Å². The van der Waals surface area contributed by atoms with E-state index in [1.54, 1.807) is 23.5 Å². The maximum Gasteiger partial charge on any atom is 0.243 e. The van der Waals surface area contributed by atoms with Crippen LogP contribution < -0.4 is 14.4 Å². The Bertz CT molecular complexity index is 1140. The minimum absolute atomic E-state index is 0.323. The third kappa shape index (κ3) is 3.95. The molecule has 0 spiro atoms. The van der Waals surface area contributed by atoms with E-state index < -0.39 is 10.0 Å². The van der Waals surface area contributed by atoms with E-state index in [-0.39, 0.29) is 0 Å². The number of methoxy groups -OCH3 is 1. The lowest BCUT2D eigenvalue weighted by molar-refractivity contribution is 0.337. The van der Waals surface area contributed by atoms with Crippen molar-refractivity contribution in [1.82, 2.24) is 4.31 Å². The Morgan fingerprint density at radius 1 is 0.900 bits per heavy atom. The first-order valence-corrected chi connectivity index (χ1v) is 11.5. The topological polar surface area (TPSA) is 59.1 Å². The minimum atomic E-state index is -3.55. The van der Waals surface area contributed by atoms with Gasteiger partial charge in [0.05, 0.1) is 24.3 Å². The SMILES string of the molecule is CCOc1ccccc1N1CCN(S(=O)(=O)c2ccc3cc(OC)ccc3c2)CC1. The van der Waals surface area contributed by atoms with Crippen molar-refractivity contribution in [1.29, 1.82) is 0 Å². The van der Waals surface area contributed by atoms with Crippen LogP contribution in [0.5, 0.6) is 11.5 Å².